The van der Waals surface area contributed by atoms with Crippen molar-refractivity contribution in [2.45, 2.75) is 44.6 Å². The molecule has 1 aromatic carbocycles. The van der Waals surface area contributed by atoms with E-state index < -0.39 is 0 Å². The molecule has 5 heteroatoms. The average molecular weight is 341 g/mol. The molecule has 0 aliphatic carbocycles. The number of halogens is 1. The van der Waals surface area contributed by atoms with E-state index in [4.69, 9.17) is 4.74 Å². The number of rotatable bonds is 8. The van der Waals surface area contributed by atoms with Crippen LogP contribution in [0.15, 0.2) is 24.3 Å². The number of nitrogens with one attached hydrogen (secondary N) is 1. The molecule has 1 unspecified atom stereocenters. The third kappa shape index (κ3) is 6.40. The minimum Gasteiger partial charge on any atom is -0.497 e. The second-order valence-electron chi connectivity index (χ2n) is 6.06. The molecule has 0 spiro atoms. The molecular formula is C18H29ClN2O2. The number of unbranched alkanes of at least 4 members (excludes halogenated alkanes) is 2. The fraction of sp³-hybridized carbons (Fsp3) is 0.611. The predicted molar refractivity (Wildman–Crippen MR) is 96.5 cm³/mol. The molecule has 130 valence electrons. The lowest BCUT2D eigenvalue weighted by molar-refractivity contribution is -0.131. The van der Waals surface area contributed by atoms with Crippen LogP contribution in [0.5, 0.6) is 5.75 Å². The summed E-state index contributed by atoms with van der Waals surface area (Å²) in [4.78, 5) is 14.1. The van der Waals surface area contributed by atoms with Crippen molar-refractivity contribution in [1.82, 2.24) is 10.2 Å². The lowest BCUT2D eigenvalue weighted by Gasteiger charge is -2.23. The molecular weight excluding hydrogens is 312 g/mol. The Labute approximate surface area is 146 Å². The zero-order chi connectivity index (χ0) is 15.8. The number of likely N-dealkylation sites (N-methyl/N-ethyl adjacent to an activating group) is 1. The number of carbonyl (C=O) groups is 1. The van der Waals surface area contributed by atoms with Gasteiger partial charge >= 0.3 is 0 Å². The highest BCUT2D eigenvalue weighted by molar-refractivity contribution is 5.85. The number of aryl methyl sites for hydroxylation is 1. The number of hydrogen-bond acceptors (Lipinski definition) is 3. The van der Waals surface area contributed by atoms with Gasteiger partial charge in [-0.1, -0.05) is 18.6 Å². The van der Waals surface area contributed by atoms with Gasteiger partial charge in [-0.3, -0.25) is 4.79 Å². The van der Waals surface area contributed by atoms with Crippen LogP contribution in [-0.4, -0.2) is 44.1 Å². The Kier molecular flexibility index (Phi) is 9.03. The van der Waals surface area contributed by atoms with Crippen LogP contribution >= 0.6 is 12.4 Å². The topological polar surface area (TPSA) is 41.6 Å². The number of nitrogens with zero attached hydrogens (tertiary/aromatic N) is 1. The molecule has 1 aliphatic rings. The van der Waals surface area contributed by atoms with Gasteiger partial charge in [-0.05, 0) is 49.9 Å². The van der Waals surface area contributed by atoms with Crippen molar-refractivity contribution in [3.05, 3.63) is 29.8 Å². The normalized spacial score (nSPS) is 16.7. The Bertz CT molecular complexity index is 459. The standard InChI is InChI=1S/C18H28N2O2.ClH/c1-20(16-12-13-19-14-16)18(21)7-5-3-4-6-15-8-10-17(22-2)11-9-15;/h8-11,16,19H,3-7,12-14H2,1-2H3;1H. The van der Waals surface area contributed by atoms with Gasteiger partial charge in [-0.15, -0.1) is 12.4 Å². The van der Waals surface area contributed by atoms with E-state index in [1.54, 1.807) is 7.11 Å². The molecule has 0 radical (unpaired) electrons. The lowest BCUT2D eigenvalue weighted by atomic mass is 10.1. The molecule has 1 amide bonds. The summed E-state index contributed by atoms with van der Waals surface area (Å²) in [6, 6.07) is 8.63. The number of amides is 1. The zero-order valence-corrected chi connectivity index (χ0v) is 15.0. The first-order valence-corrected chi connectivity index (χ1v) is 8.30. The third-order valence-electron chi connectivity index (χ3n) is 4.49. The quantitative estimate of drug-likeness (QED) is 0.739. The van der Waals surface area contributed by atoms with Crippen LogP contribution in [0.3, 0.4) is 0 Å². The molecule has 1 saturated heterocycles. The minimum absolute atomic E-state index is 0. The molecule has 0 saturated carbocycles. The van der Waals surface area contributed by atoms with Gasteiger partial charge < -0.3 is 15.0 Å². The van der Waals surface area contributed by atoms with E-state index in [0.717, 1.165) is 50.9 Å². The summed E-state index contributed by atoms with van der Waals surface area (Å²) in [6.45, 7) is 1.98. The molecule has 4 nitrogen and oxygen atoms in total. The zero-order valence-electron chi connectivity index (χ0n) is 14.2. The van der Waals surface area contributed by atoms with Crippen LogP contribution in [0.2, 0.25) is 0 Å². The van der Waals surface area contributed by atoms with Crippen molar-refractivity contribution >= 4 is 18.3 Å². The van der Waals surface area contributed by atoms with Crippen LogP contribution in [0, 0.1) is 0 Å². The van der Waals surface area contributed by atoms with Crippen LogP contribution in [0.25, 0.3) is 0 Å². The van der Waals surface area contributed by atoms with Crippen molar-refractivity contribution in [2.75, 3.05) is 27.2 Å². The molecule has 1 heterocycles. The second-order valence-corrected chi connectivity index (χ2v) is 6.06. The molecule has 1 atom stereocenters. The number of benzene rings is 1. The third-order valence-corrected chi connectivity index (χ3v) is 4.49. The average Bonchev–Trinajstić information content (AvgIpc) is 3.08. The Morgan fingerprint density at radius 1 is 1.26 bits per heavy atom. The SMILES string of the molecule is COc1ccc(CCCCCC(=O)N(C)C2CCNC2)cc1.Cl. The number of methoxy groups -OCH3 is 1. The first kappa shape index (κ1) is 19.8. The molecule has 1 N–H and O–H groups in total. The van der Waals surface area contributed by atoms with E-state index >= 15 is 0 Å². The van der Waals surface area contributed by atoms with Crippen molar-refractivity contribution in [2.24, 2.45) is 0 Å². The Hall–Kier alpha value is -1.26. The van der Waals surface area contributed by atoms with Gasteiger partial charge in [0.05, 0.1) is 7.11 Å². The Balaban J connectivity index is 0.00000264. The summed E-state index contributed by atoms with van der Waals surface area (Å²) in [5, 5.41) is 3.31. The first-order valence-electron chi connectivity index (χ1n) is 8.30. The van der Waals surface area contributed by atoms with Crippen molar-refractivity contribution in [3.63, 3.8) is 0 Å². The maximum Gasteiger partial charge on any atom is 0.222 e. The van der Waals surface area contributed by atoms with E-state index in [1.165, 1.54) is 5.56 Å². The predicted octanol–water partition coefficient (Wildman–Crippen LogP) is 3.04. The molecule has 1 fully saturated rings. The highest BCUT2D eigenvalue weighted by Crippen LogP contribution is 2.15. The van der Waals surface area contributed by atoms with E-state index in [0.29, 0.717) is 12.5 Å². The van der Waals surface area contributed by atoms with Crippen LogP contribution in [0.4, 0.5) is 0 Å². The summed E-state index contributed by atoms with van der Waals surface area (Å²) in [6.07, 6.45) is 6.05. The maximum atomic E-state index is 12.1. The smallest absolute Gasteiger partial charge is 0.222 e. The Morgan fingerprint density at radius 2 is 2.00 bits per heavy atom. The van der Waals surface area contributed by atoms with Crippen LogP contribution in [0.1, 0.15) is 37.7 Å². The number of ether oxygens (including phenoxy) is 1. The number of carbonyl (C=O) groups excluding carboxylic acids is 1. The van der Waals surface area contributed by atoms with Gasteiger partial charge in [0, 0.05) is 26.1 Å². The number of hydrogen-bond donors (Lipinski definition) is 1. The summed E-state index contributed by atoms with van der Waals surface area (Å²) < 4.78 is 5.16. The van der Waals surface area contributed by atoms with Gasteiger partial charge in [0.25, 0.3) is 0 Å². The second kappa shape index (κ2) is 10.5. The fourth-order valence-corrected chi connectivity index (χ4v) is 2.92. The maximum absolute atomic E-state index is 12.1. The molecule has 1 aromatic rings. The molecule has 1 aliphatic heterocycles. The first-order chi connectivity index (χ1) is 10.7. The lowest BCUT2D eigenvalue weighted by Crippen LogP contribution is -2.38. The largest absolute Gasteiger partial charge is 0.497 e. The van der Waals surface area contributed by atoms with Crippen LogP contribution in [-0.2, 0) is 11.2 Å². The molecule has 23 heavy (non-hydrogen) atoms. The van der Waals surface area contributed by atoms with Gasteiger partial charge in [0.15, 0.2) is 0 Å². The van der Waals surface area contributed by atoms with E-state index in [2.05, 4.69) is 17.4 Å². The van der Waals surface area contributed by atoms with Gasteiger partial charge in [-0.25, -0.2) is 0 Å². The van der Waals surface area contributed by atoms with Crippen LogP contribution < -0.4 is 10.1 Å². The fourth-order valence-electron chi connectivity index (χ4n) is 2.92. The Morgan fingerprint density at radius 3 is 2.61 bits per heavy atom. The van der Waals surface area contributed by atoms with E-state index in [1.807, 2.05) is 24.1 Å². The van der Waals surface area contributed by atoms with Crippen molar-refractivity contribution in [3.8, 4) is 5.75 Å². The van der Waals surface area contributed by atoms with E-state index in [-0.39, 0.29) is 18.3 Å². The van der Waals surface area contributed by atoms with Gasteiger partial charge in [0.1, 0.15) is 5.75 Å². The molecule has 0 aromatic heterocycles. The minimum atomic E-state index is 0. The highest BCUT2D eigenvalue weighted by Gasteiger charge is 2.22. The summed E-state index contributed by atoms with van der Waals surface area (Å²) >= 11 is 0. The molecule has 0 bridgehead atoms. The summed E-state index contributed by atoms with van der Waals surface area (Å²) in [5.41, 5.74) is 1.33. The van der Waals surface area contributed by atoms with Crippen molar-refractivity contribution < 1.29 is 9.53 Å². The molecule has 2 rings (SSSR count). The summed E-state index contributed by atoms with van der Waals surface area (Å²) in [5.74, 6) is 1.19. The highest BCUT2D eigenvalue weighted by atomic mass is 35.5. The van der Waals surface area contributed by atoms with Gasteiger partial charge in [-0.2, -0.15) is 0 Å². The van der Waals surface area contributed by atoms with E-state index in [9.17, 15) is 4.79 Å². The summed E-state index contributed by atoms with van der Waals surface area (Å²) in [7, 11) is 3.63. The van der Waals surface area contributed by atoms with Crippen molar-refractivity contribution in [1.29, 1.82) is 0 Å². The van der Waals surface area contributed by atoms with Gasteiger partial charge in [0.2, 0.25) is 5.91 Å². The monoisotopic (exact) mass is 340 g/mol.